The van der Waals surface area contributed by atoms with Crippen LogP contribution in [0.25, 0.3) is 11.6 Å². The van der Waals surface area contributed by atoms with E-state index in [4.69, 9.17) is 0 Å². The number of fused-ring (bicyclic) bond motifs is 1. The van der Waals surface area contributed by atoms with E-state index in [1.165, 1.54) is 35.7 Å². The molecule has 2 aromatic carbocycles. The summed E-state index contributed by atoms with van der Waals surface area (Å²) >= 11 is 0.883. The van der Waals surface area contributed by atoms with E-state index in [-0.39, 0.29) is 26.7 Å². The number of anilines is 2. The first-order valence-electron chi connectivity index (χ1n) is 9.04. The summed E-state index contributed by atoms with van der Waals surface area (Å²) < 4.78 is 65.9. The second-order valence-electron chi connectivity index (χ2n) is 6.88. The molecule has 0 bridgehead atoms. The molecule has 0 saturated carbocycles. The SMILES string of the molecule is O=C1Nc2ccc(S(=O)(=O)Nc3ccc(C(F)(F)F)cc3)cc2C1=Cc1csc([N+](=O)[O-])c1. The normalized spacial score (nSPS) is 14.8. The molecule has 33 heavy (non-hydrogen) atoms. The second-order valence-corrected chi connectivity index (χ2v) is 9.45. The molecular formula is C20H12F3N3O5S2. The fraction of sp³-hybridized carbons (Fsp3) is 0.0500. The Bertz CT molecular complexity index is 1410. The fourth-order valence-electron chi connectivity index (χ4n) is 3.10. The van der Waals surface area contributed by atoms with Crippen LogP contribution in [-0.4, -0.2) is 19.2 Å². The van der Waals surface area contributed by atoms with Crippen LogP contribution in [0, 0.1) is 10.1 Å². The molecule has 0 radical (unpaired) electrons. The summed E-state index contributed by atoms with van der Waals surface area (Å²) in [5, 5.41) is 14.8. The Kier molecular flexibility index (Phi) is 5.46. The fourth-order valence-corrected chi connectivity index (χ4v) is 4.86. The monoisotopic (exact) mass is 495 g/mol. The molecule has 1 aliphatic rings. The lowest BCUT2D eigenvalue weighted by Crippen LogP contribution is -2.13. The van der Waals surface area contributed by atoms with Gasteiger partial charge in [-0.2, -0.15) is 13.2 Å². The average molecular weight is 495 g/mol. The first-order chi connectivity index (χ1) is 15.4. The summed E-state index contributed by atoms with van der Waals surface area (Å²) in [6.45, 7) is 0. The Morgan fingerprint density at radius 2 is 1.79 bits per heavy atom. The van der Waals surface area contributed by atoms with Crippen LogP contribution in [0.3, 0.4) is 0 Å². The van der Waals surface area contributed by atoms with Gasteiger partial charge < -0.3 is 5.32 Å². The van der Waals surface area contributed by atoms with Crippen LogP contribution in [0.15, 0.2) is 58.8 Å². The van der Waals surface area contributed by atoms with Gasteiger partial charge in [-0.1, -0.05) is 11.3 Å². The van der Waals surface area contributed by atoms with Crippen LogP contribution in [-0.2, 0) is 21.0 Å². The minimum Gasteiger partial charge on any atom is -0.321 e. The van der Waals surface area contributed by atoms with Crippen LogP contribution in [0.1, 0.15) is 16.7 Å². The number of nitrogens with one attached hydrogen (secondary N) is 2. The molecule has 0 fully saturated rings. The Morgan fingerprint density at radius 1 is 1.09 bits per heavy atom. The number of carbonyl (C=O) groups excluding carboxylic acids is 1. The number of nitro groups is 1. The maximum absolute atomic E-state index is 12.8. The molecular weight excluding hydrogens is 483 g/mol. The van der Waals surface area contributed by atoms with Crippen LogP contribution in [0.4, 0.5) is 29.5 Å². The molecule has 4 rings (SSSR count). The van der Waals surface area contributed by atoms with E-state index < -0.39 is 32.6 Å². The quantitative estimate of drug-likeness (QED) is 0.294. The number of thiophene rings is 1. The molecule has 0 saturated heterocycles. The zero-order chi connectivity index (χ0) is 24.0. The van der Waals surface area contributed by atoms with Crippen molar-refractivity contribution in [2.24, 2.45) is 0 Å². The molecule has 3 aromatic rings. The van der Waals surface area contributed by atoms with Crippen LogP contribution in [0.5, 0.6) is 0 Å². The minimum absolute atomic E-state index is 0.0703. The molecule has 0 unspecified atom stereocenters. The van der Waals surface area contributed by atoms with Crippen molar-refractivity contribution in [3.05, 3.63) is 80.7 Å². The zero-order valence-corrected chi connectivity index (χ0v) is 17.8. The largest absolute Gasteiger partial charge is 0.416 e. The first-order valence-corrected chi connectivity index (χ1v) is 11.4. The predicted molar refractivity (Wildman–Crippen MR) is 116 cm³/mol. The van der Waals surface area contributed by atoms with E-state index in [2.05, 4.69) is 10.0 Å². The van der Waals surface area contributed by atoms with Gasteiger partial charge in [0.2, 0.25) is 0 Å². The first kappa shape index (κ1) is 22.5. The molecule has 8 nitrogen and oxygen atoms in total. The lowest BCUT2D eigenvalue weighted by atomic mass is 10.1. The van der Waals surface area contributed by atoms with Gasteiger partial charge in [-0.3, -0.25) is 19.6 Å². The molecule has 0 spiro atoms. The Labute approximate surface area is 188 Å². The minimum atomic E-state index is -4.55. The molecule has 2 N–H and O–H groups in total. The van der Waals surface area contributed by atoms with E-state index >= 15 is 0 Å². The van der Waals surface area contributed by atoms with Gasteiger partial charge in [-0.25, -0.2) is 8.42 Å². The molecule has 170 valence electrons. The van der Waals surface area contributed by atoms with Gasteiger partial charge >= 0.3 is 11.2 Å². The third kappa shape index (κ3) is 4.59. The molecule has 1 aliphatic heterocycles. The number of sulfonamides is 1. The number of rotatable bonds is 5. The van der Waals surface area contributed by atoms with Crippen molar-refractivity contribution >= 4 is 55.3 Å². The molecule has 0 aliphatic carbocycles. The van der Waals surface area contributed by atoms with Crippen molar-refractivity contribution in [2.45, 2.75) is 11.1 Å². The summed E-state index contributed by atoms with van der Waals surface area (Å²) in [6, 6.07) is 8.65. The van der Waals surface area contributed by atoms with Gasteiger partial charge in [0.25, 0.3) is 15.9 Å². The maximum atomic E-state index is 12.8. The predicted octanol–water partition coefficient (Wildman–Crippen LogP) is 4.97. The number of hydrogen-bond donors (Lipinski definition) is 2. The van der Waals surface area contributed by atoms with Crippen molar-refractivity contribution in [1.29, 1.82) is 0 Å². The molecule has 13 heteroatoms. The second kappa shape index (κ2) is 8.01. The van der Waals surface area contributed by atoms with Gasteiger partial charge in [0.15, 0.2) is 0 Å². The van der Waals surface area contributed by atoms with Crippen molar-refractivity contribution in [2.75, 3.05) is 10.0 Å². The van der Waals surface area contributed by atoms with Gasteiger partial charge in [-0.05, 0) is 54.1 Å². The summed E-state index contributed by atoms with van der Waals surface area (Å²) in [5.41, 5.74) is 0.147. The van der Waals surface area contributed by atoms with E-state index in [9.17, 15) is 36.5 Å². The Morgan fingerprint density at radius 3 is 2.39 bits per heavy atom. The summed E-state index contributed by atoms with van der Waals surface area (Å²) in [6.07, 6.45) is -3.15. The maximum Gasteiger partial charge on any atom is 0.416 e. The number of carbonyl (C=O) groups is 1. The van der Waals surface area contributed by atoms with E-state index in [1.54, 1.807) is 0 Å². The number of alkyl halides is 3. The molecule has 0 atom stereocenters. The number of hydrogen-bond acceptors (Lipinski definition) is 6. The van der Waals surface area contributed by atoms with Crippen LogP contribution < -0.4 is 10.0 Å². The van der Waals surface area contributed by atoms with Crippen molar-refractivity contribution in [3.63, 3.8) is 0 Å². The summed E-state index contributed by atoms with van der Waals surface area (Å²) in [4.78, 5) is 22.5. The van der Waals surface area contributed by atoms with E-state index in [0.717, 1.165) is 35.6 Å². The summed E-state index contributed by atoms with van der Waals surface area (Å²) in [7, 11) is -4.19. The highest BCUT2D eigenvalue weighted by Gasteiger charge is 2.30. The van der Waals surface area contributed by atoms with Crippen LogP contribution in [0.2, 0.25) is 0 Å². The Hall–Kier alpha value is -3.71. The van der Waals surface area contributed by atoms with Crippen molar-refractivity contribution in [1.82, 2.24) is 0 Å². The number of benzene rings is 2. The third-order valence-electron chi connectivity index (χ3n) is 4.65. The van der Waals surface area contributed by atoms with E-state index in [0.29, 0.717) is 11.3 Å². The Balaban J connectivity index is 1.65. The lowest BCUT2D eigenvalue weighted by Gasteiger charge is -2.11. The van der Waals surface area contributed by atoms with Gasteiger partial charge in [0.1, 0.15) is 0 Å². The highest BCUT2D eigenvalue weighted by molar-refractivity contribution is 7.92. The molecule has 1 amide bonds. The van der Waals surface area contributed by atoms with E-state index in [1.807, 2.05) is 0 Å². The average Bonchev–Trinajstić information content (AvgIpc) is 3.32. The van der Waals surface area contributed by atoms with Gasteiger partial charge in [0.05, 0.1) is 15.4 Å². The van der Waals surface area contributed by atoms with Gasteiger partial charge in [-0.15, -0.1) is 0 Å². The zero-order valence-electron chi connectivity index (χ0n) is 16.2. The van der Waals surface area contributed by atoms with Gasteiger partial charge in [0, 0.05) is 34.0 Å². The number of nitrogens with zero attached hydrogens (tertiary/aromatic N) is 1. The van der Waals surface area contributed by atoms with Crippen molar-refractivity contribution < 1.29 is 31.3 Å². The highest BCUT2D eigenvalue weighted by atomic mass is 32.2. The highest BCUT2D eigenvalue weighted by Crippen LogP contribution is 2.36. The molecule has 2 heterocycles. The number of halogens is 3. The molecule has 1 aromatic heterocycles. The number of amides is 1. The van der Waals surface area contributed by atoms with Crippen molar-refractivity contribution in [3.8, 4) is 0 Å². The summed E-state index contributed by atoms with van der Waals surface area (Å²) in [5.74, 6) is -0.510. The lowest BCUT2D eigenvalue weighted by molar-refractivity contribution is -0.380. The van der Waals surface area contributed by atoms with Crippen LogP contribution >= 0.6 is 11.3 Å². The topological polar surface area (TPSA) is 118 Å². The smallest absolute Gasteiger partial charge is 0.321 e. The standard InChI is InChI=1S/C20H12F3N3O5S2/c21-20(22,23)12-1-3-13(4-2-12)25-33(30,31)14-5-6-17-15(9-14)16(19(27)24-17)7-11-8-18(26(28)29)32-10-11/h1-10,25H,(H,24,27). The third-order valence-corrected chi connectivity index (χ3v) is 6.92.